The van der Waals surface area contributed by atoms with E-state index in [1.807, 2.05) is 13.0 Å². The van der Waals surface area contributed by atoms with Crippen LogP contribution in [0, 0.1) is 6.92 Å². The molecule has 0 radical (unpaired) electrons. The summed E-state index contributed by atoms with van der Waals surface area (Å²) < 4.78 is 11.8. The summed E-state index contributed by atoms with van der Waals surface area (Å²) in [5.74, 6) is 0.262. The molecule has 0 aliphatic carbocycles. The summed E-state index contributed by atoms with van der Waals surface area (Å²) in [7, 11) is 1.57. The molecule has 0 amide bonds. The van der Waals surface area contributed by atoms with E-state index in [-0.39, 0.29) is 4.88 Å². The Labute approximate surface area is 141 Å². The van der Waals surface area contributed by atoms with E-state index in [1.54, 1.807) is 20.1 Å². The van der Waals surface area contributed by atoms with E-state index in [4.69, 9.17) is 14.6 Å². The fourth-order valence-corrected chi connectivity index (χ4v) is 3.35. The highest BCUT2D eigenvalue weighted by atomic mass is 79.9. The molecule has 2 aromatic rings. The zero-order valence-corrected chi connectivity index (χ0v) is 14.9. The number of aromatic nitrogens is 1. The lowest BCUT2D eigenvalue weighted by molar-refractivity contribution is 0.0701. The molecule has 0 spiro atoms. The number of hydrogen-bond donors (Lipinski definition) is 1. The number of nitrogens with zero attached hydrogens (tertiary/aromatic N) is 1. The Kier molecular flexibility index (Phi) is 5.42. The molecule has 1 N–H and O–H groups in total. The minimum atomic E-state index is -0.963. The highest BCUT2D eigenvalue weighted by molar-refractivity contribution is 9.10. The van der Waals surface area contributed by atoms with Gasteiger partial charge >= 0.3 is 5.97 Å². The Hall–Kier alpha value is -1.60. The number of aryl methyl sites for hydroxylation is 1. The quantitative estimate of drug-likeness (QED) is 0.798. The molecule has 1 aromatic carbocycles. The van der Waals surface area contributed by atoms with Crippen LogP contribution in [-0.4, -0.2) is 29.8 Å². The van der Waals surface area contributed by atoms with Crippen molar-refractivity contribution >= 4 is 33.2 Å². The van der Waals surface area contributed by atoms with Gasteiger partial charge in [-0.25, -0.2) is 9.78 Å². The van der Waals surface area contributed by atoms with Crippen molar-refractivity contribution < 1.29 is 19.4 Å². The van der Waals surface area contributed by atoms with Crippen LogP contribution in [0.5, 0.6) is 11.5 Å². The van der Waals surface area contributed by atoms with Crippen LogP contribution in [0.15, 0.2) is 16.6 Å². The highest BCUT2D eigenvalue weighted by Gasteiger charge is 2.18. The van der Waals surface area contributed by atoms with Gasteiger partial charge in [-0.3, -0.25) is 0 Å². The van der Waals surface area contributed by atoms with Crippen molar-refractivity contribution in [1.29, 1.82) is 0 Å². The summed E-state index contributed by atoms with van der Waals surface area (Å²) in [6.45, 7) is 4.31. The van der Waals surface area contributed by atoms with Crippen molar-refractivity contribution in [2.45, 2.75) is 20.3 Å². The molecule has 0 aliphatic heterocycles. The van der Waals surface area contributed by atoms with Crippen molar-refractivity contribution in [2.24, 2.45) is 0 Å². The fraction of sp³-hybridized carbons (Fsp3) is 0.333. The zero-order valence-electron chi connectivity index (χ0n) is 12.5. The Balaban J connectivity index is 2.46. The Bertz CT molecular complexity index is 699. The summed E-state index contributed by atoms with van der Waals surface area (Å²) in [5.41, 5.74) is 1.29. The van der Waals surface area contributed by atoms with E-state index in [2.05, 4.69) is 20.9 Å². The number of carboxylic acids is 1. The van der Waals surface area contributed by atoms with Crippen LogP contribution in [0.2, 0.25) is 0 Å². The molecule has 0 atom stereocenters. The zero-order chi connectivity index (χ0) is 16.3. The monoisotopic (exact) mass is 385 g/mol. The van der Waals surface area contributed by atoms with Crippen LogP contribution in [-0.2, 0) is 0 Å². The fourth-order valence-electron chi connectivity index (χ4n) is 1.91. The Morgan fingerprint density at radius 3 is 2.73 bits per heavy atom. The van der Waals surface area contributed by atoms with Crippen LogP contribution in [0.1, 0.15) is 28.7 Å². The second kappa shape index (κ2) is 7.11. The average Bonchev–Trinajstić information content (AvgIpc) is 2.87. The summed E-state index contributed by atoms with van der Waals surface area (Å²) >= 11 is 4.62. The molecule has 1 heterocycles. The van der Waals surface area contributed by atoms with E-state index in [1.165, 1.54) is 0 Å². The van der Waals surface area contributed by atoms with E-state index in [0.717, 1.165) is 27.8 Å². The number of carboxylic acid groups (broad SMARTS) is 1. The lowest BCUT2D eigenvalue weighted by atomic mass is 10.2. The van der Waals surface area contributed by atoms with Crippen molar-refractivity contribution in [3.8, 4) is 22.1 Å². The second-order valence-electron chi connectivity index (χ2n) is 4.58. The van der Waals surface area contributed by atoms with E-state index in [0.29, 0.717) is 28.8 Å². The lowest BCUT2D eigenvalue weighted by Gasteiger charge is -2.13. The first-order valence-corrected chi connectivity index (χ1v) is 8.30. The standard InChI is InChI=1S/C15H16BrNO4S/c1-4-5-21-12-10(16)6-9(7-11(12)20-3)14-17-8(2)13(22-14)15(18)19/h6-7H,4-5H2,1-3H3,(H,18,19). The number of halogens is 1. The number of aromatic carboxylic acids is 1. The molecule has 22 heavy (non-hydrogen) atoms. The van der Waals surface area contributed by atoms with Crippen LogP contribution >= 0.6 is 27.3 Å². The third-order valence-corrected chi connectivity index (χ3v) is 4.70. The maximum absolute atomic E-state index is 11.1. The number of ether oxygens (including phenoxy) is 2. The number of rotatable bonds is 6. The van der Waals surface area contributed by atoms with E-state index < -0.39 is 5.97 Å². The van der Waals surface area contributed by atoms with Gasteiger partial charge in [0.1, 0.15) is 9.88 Å². The van der Waals surface area contributed by atoms with E-state index >= 15 is 0 Å². The maximum Gasteiger partial charge on any atom is 0.347 e. The predicted octanol–water partition coefficient (Wildman–Crippen LogP) is 4.38. The van der Waals surface area contributed by atoms with Crippen molar-refractivity contribution in [3.63, 3.8) is 0 Å². The third kappa shape index (κ3) is 3.41. The van der Waals surface area contributed by atoms with Crippen LogP contribution < -0.4 is 9.47 Å². The van der Waals surface area contributed by atoms with Gasteiger partial charge in [0.05, 0.1) is 23.9 Å². The summed E-state index contributed by atoms with van der Waals surface area (Å²) in [5, 5.41) is 9.77. The summed E-state index contributed by atoms with van der Waals surface area (Å²) in [4.78, 5) is 15.7. The van der Waals surface area contributed by atoms with Crippen molar-refractivity contribution in [2.75, 3.05) is 13.7 Å². The highest BCUT2D eigenvalue weighted by Crippen LogP contribution is 2.41. The number of hydrogen-bond acceptors (Lipinski definition) is 5. The minimum absolute atomic E-state index is 0.247. The number of carbonyl (C=O) groups is 1. The van der Waals surface area contributed by atoms with Gasteiger partial charge in [0.15, 0.2) is 11.5 Å². The molecule has 0 unspecified atom stereocenters. The van der Waals surface area contributed by atoms with Gasteiger partial charge in [-0.1, -0.05) is 6.92 Å². The largest absolute Gasteiger partial charge is 0.493 e. The average molecular weight is 386 g/mol. The van der Waals surface area contributed by atoms with Gasteiger partial charge in [-0.2, -0.15) is 0 Å². The summed E-state index contributed by atoms with van der Waals surface area (Å²) in [6, 6.07) is 3.66. The molecular formula is C15H16BrNO4S. The normalized spacial score (nSPS) is 10.5. The molecule has 5 nitrogen and oxygen atoms in total. The van der Waals surface area contributed by atoms with Gasteiger partial charge in [0.2, 0.25) is 0 Å². The van der Waals surface area contributed by atoms with Gasteiger partial charge in [-0.15, -0.1) is 11.3 Å². The van der Waals surface area contributed by atoms with Crippen LogP contribution in [0.25, 0.3) is 10.6 Å². The maximum atomic E-state index is 11.1. The minimum Gasteiger partial charge on any atom is -0.493 e. The molecule has 7 heteroatoms. The van der Waals surface area contributed by atoms with Gasteiger partial charge in [0.25, 0.3) is 0 Å². The molecule has 0 fully saturated rings. The third-order valence-electron chi connectivity index (χ3n) is 2.92. The molecular weight excluding hydrogens is 370 g/mol. The topological polar surface area (TPSA) is 68.7 Å². The molecule has 1 aromatic heterocycles. The van der Waals surface area contributed by atoms with Gasteiger partial charge in [-0.05, 0) is 41.4 Å². The number of methoxy groups -OCH3 is 1. The first-order valence-electron chi connectivity index (χ1n) is 6.69. The lowest BCUT2D eigenvalue weighted by Crippen LogP contribution is -1.99. The molecule has 0 bridgehead atoms. The second-order valence-corrected chi connectivity index (χ2v) is 6.43. The Morgan fingerprint density at radius 2 is 2.18 bits per heavy atom. The summed E-state index contributed by atoms with van der Waals surface area (Å²) in [6.07, 6.45) is 0.894. The van der Waals surface area contributed by atoms with Crippen molar-refractivity contribution in [3.05, 3.63) is 27.2 Å². The van der Waals surface area contributed by atoms with E-state index in [9.17, 15) is 4.79 Å². The van der Waals surface area contributed by atoms with Crippen LogP contribution in [0.3, 0.4) is 0 Å². The first kappa shape index (κ1) is 16.8. The number of benzene rings is 1. The SMILES string of the molecule is CCCOc1c(Br)cc(-c2nc(C)c(C(=O)O)s2)cc1OC. The predicted molar refractivity (Wildman–Crippen MR) is 89.3 cm³/mol. The smallest absolute Gasteiger partial charge is 0.347 e. The molecule has 0 saturated heterocycles. The number of thiazole rings is 1. The Morgan fingerprint density at radius 1 is 1.45 bits per heavy atom. The molecule has 118 valence electrons. The van der Waals surface area contributed by atoms with Crippen LogP contribution in [0.4, 0.5) is 0 Å². The van der Waals surface area contributed by atoms with Gasteiger partial charge in [0, 0.05) is 5.56 Å². The van der Waals surface area contributed by atoms with Gasteiger partial charge < -0.3 is 14.6 Å². The van der Waals surface area contributed by atoms with Crippen molar-refractivity contribution in [1.82, 2.24) is 4.98 Å². The molecule has 2 rings (SSSR count). The molecule has 0 aliphatic rings. The first-order chi connectivity index (χ1) is 10.5. The molecule has 0 saturated carbocycles.